The van der Waals surface area contributed by atoms with Gasteiger partial charge in [-0.25, -0.2) is 17.5 Å². The molecule has 19 heavy (non-hydrogen) atoms. The smallest absolute Gasteiger partial charge is 0.211 e. The maximum Gasteiger partial charge on any atom is 0.240 e. The summed E-state index contributed by atoms with van der Waals surface area (Å²) in [5.74, 6) is -0.204. The van der Waals surface area contributed by atoms with Crippen LogP contribution in [0.5, 0.6) is 0 Å². The van der Waals surface area contributed by atoms with Crippen molar-refractivity contribution >= 4 is 10.0 Å². The van der Waals surface area contributed by atoms with Crippen molar-refractivity contribution in [2.24, 2.45) is 5.92 Å². The van der Waals surface area contributed by atoms with Crippen molar-refractivity contribution < 1.29 is 12.8 Å². The Morgan fingerprint density at radius 3 is 2.63 bits per heavy atom. The van der Waals surface area contributed by atoms with Gasteiger partial charge in [0.25, 0.3) is 0 Å². The molecule has 0 aromatic heterocycles. The van der Waals surface area contributed by atoms with Crippen molar-refractivity contribution in [2.75, 3.05) is 6.54 Å². The van der Waals surface area contributed by atoms with Crippen LogP contribution in [0.25, 0.3) is 0 Å². The fourth-order valence-electron chi connectivity index (χ4n) is 1.89. The summed E-state index contributed by atoms with van der Waals surface area (Å²) in [6, 6.07) is 5.07. The van der Waals surface area contributed by atoms with Gasteiger partial charge in [-0.1, -0.05) is 39.2 Å². The first-order chi connectivity index (χ1) is 8.99. The molecule has 0 saturated heterocycles. The maximum absolute atomic E-state index is 13.0. The fourth-order valence-corrected chi connectivity index (χ4v) is 3.04. The van der Waals surface area contributed by atoms with Gasteiger partial charge in [-0.3, -0.25) is 0 Å². The van der Waals surface area contributed by atoms with Crippen molar-refractivity contribution in [1.29, 1.82) is 0 Å². The van der Waals surface area contributed by atoms with Crippen LogP contribution in [0, 0.1) is 11.7 Å². The Bertz CT molecular complexity index is 488. The van der Waals surface area contributed by atoms with E-state index in [2.05, 4.69) is 18.6 Å². The minimum Gasteiger partial charge on any atom is -0.211 e. The molecular formula is C14H22FNO2S. The van der Waals surface area contributed by atoms with E-state index in [1.807, 2.05) is 0 Å². The molecule has 0 heterocycles. The van der Waals surface area contributed by atoms with Gasteiger partial charge in [0.05, 0.1) is 4.90 Å². The molecule has 0 fully saturated rings. The minimum absolute atomic E-state index is 0.0159. The monoisotopic (exact) mass is 287 g/mol. The second-order valence-electron chi connectivity index (χ2n) is 4.73. The summed E-state index contributed by atoms with van der Waals surface area (Å²) in [6.45, 7) is 4.58. The molecule has 1 aromatic rings. The second-order valence-corrected chi connectivity index (χ2v) is 6.49. The lowest BCUT2D eigenvalue weighted by atomic mass is 10.00. The third-order valence-corrected chi connectivity index (χ3v) is 4.63. The fraction of sp³-hybridized carbons (Fsp3) is 0.571. The molecule has 0 radical (unpaired) electrons. The van der Waals surface area contributed by atoms with Gasteiger partial charge in [0, 0.05) is 6.54 Å². The summed E-state index contributed by atoms with van der Waals surface area (Å²) in [7, 11) is -3.60. The van der Waals surface area contributed by atoms with Gasteiger partial charge in [-0.05, 0) is 30.5 Å². The maximum atomic E-state index is 13.0. The van der Waals surface area contributed by atoms with Gasteiger partial charge < -0.3 is 0 Å². The van der Waals surface area contributed by atoms with Crippen LogP contribution in [0.2, 0.25) is 0 Å². The Balaban J connectivity index is 2.64. The van der Waals surface area contributed by atoms with Gasteiger partial charge in [-0.15, -0.1) is 0 Å². The van der Waals surface area contributed by atoms with E-state index in [1.54, 1.807) is 0 Å². The molecule has 0 aliphatic rings. The quantitative estimate of drug-likeness (QED) is 0.797. The average molecular weight is 287 g/mol. The van der Waals surface area contributed by atoms with Crippen LogP contribution in [-0.4, -0.2) is 15.0 Å². The van der Waals surface area contributed by atoms with Gasteiger partial charge >= 0.3 is 0 Å². The minimum atomic E-state index is -3.60. The third kappa shape index (κ3) is 5.28. The van der Waals surface area contributed by atoms with E-state index in [1.165, 1.54) is 18.2 Å². The summed E-state index contributed by atoms with van der Waals surface area (Å²) < 4.78 is 39.6. The van der Waals surface area contributed by atoms with Gasteiger partial charge in [0.1, 0.15) is 5.82 Å². The standard InChI is InChI=1S/C14H22FNO2S/c1-3-5-7-12(4-2)11-16-19(17,18)14-9-6-8-13(15)10-14/h6,8-10,12,16H,3-5,7,11H2,1-2H3/t12-/m0/s1. The molecule has 1 atom stereocenters. The number of hydrogen-bond donors (Lipinski definition) is 1. The zero-order chi connectivity index (χ0) is 14.3. The Hall–Kier alpha value is -0.940. The molecule has 1 aromatic carbocycles. The van der Waals surface area contributed by atoms with Gasteiger partial charge in [0.15, 0.2) is 0 Å². The zero-order valence-corrected chi connectivity index (χ0v) is 12.3. The molecular weight excluding hydrogens is 265 g/mol. The molecule has 1 rings (SSSR count). The predicted molar refractivity (Wildman–Crippen MR) is 74.9 cm³/mol. The van der Waals surface area contributed by atoms with Gasteiger partial charge in [-0.2, -0.15) is 0 Å². The van der Waals surface area contributed by atoms with Crippen molar-refractivity contribution in [3.05, 3.63) is 30.1 Å². The summed E-state index contributed by atoms with van der Waals surface area (Å²) in [5, 5.41) is 0. The summed E-state index contributed by atoms with van der Waals surface area (Å²) in [6.07, 6.45) is 4.15. The van der Waals surface area contributed by atoms with Crippen LogP contribution in [-0.2, 0) is 10.0 Å². The number of unbranched alkanes of at least 4 members (excludes halogenated alkanes) is 1. The molecule has 0 unspecified atom stereocenters. The molecule has 108 valence electrons. The second kappa shape index (κ2) is 7.60. The SMILES string of the molecule is CCCC[C@H](CC)CNS(=O)(=O)c1cccc(F)c1. The lowest BCUT2D eigenvalue weighted by molar-refractivity contribution is 0.443. The number of rotatable bonds is 8. The van der Waals surface area contributed by atoms with E-state index < -0.39 is 15.8 Å². The Labute approximate surface area is 115 Å². The summed E-state index contributed by atoms with van der Waals surface area (Å²) >= 11 is 0. The van der Waals surface area contributed by atoms with E-state index in [-0.39, 0.29) is 4.90 Å². The Morgan fingerprint density at radius 1 is 1.32 bits per heavy atom. The molecule has 0 aliphatic heterocycles. The predicted octanol–water partition coefficient (Wildman–Crippen LogP) is 3.32. The molecule has 1 N–H and O–H groups in total. The van der Waals surface area contributed by atoms with Gasteiger partial charge in [0.2, 0.25) is 10.0 Å². The van der Waals surface area contributed by atoms with E-state index in [0.29, 0.717) is 12.5 Å². The molecule has 0 bridgehead atoms. The number of hydrogen-bond acceptors (Lipinski definition) is 2. The lowest BCUT2D eigenvalue weighted by Gasteiger charge is -2.15. The van der Waals surface area contributed by atoms with Crippen LogP contribution < -0.4 is 4.72 Å². The molecule has 0 amide bonds. The van der Waals surface area contributed by atoms with Crippen molar-refractivity contribution in [3.63, 3.8) is 0 Å². The summed E-state index contributed by atoms with van der Waals surface area (Å²) in [4.78, 5) is -0.0159. The van der Waals surface area contributed by atoms with Crippen LogP contribution in [0.4, 0.5) is 4.39 Å². The largest absolute Gasteiger partial charge is 0.240 e. The highest BCUT2D eigenvalue weighted by atomic mass is 32.2. The van der Waals surface area contributed by atoms with E-state index >= 15 is 0 Å². The number of sulfonamides is 1. The number of benzene rings is 1. The van der Waals surface area contributed by atoms with Crippen LogP contribution in [0.3, 0.4) is 0 Å². The van der Waals surface area contributed by atoms with Crippen LogP contribution in [0.1, 0.15) is 39.5 Å². The van der Waals surface area contributed by atoms with Crippen molar-refractivity contribution in [3.8, 4) is 0 Å². The highest BCUT2D eigenvalue weighted by molar-refractivity contribution is 7.89. The molecule has 5 heteroatoms. The number of halogens is 1. The van der Waals surface area contributed by atoms with E-state index in [4.69, 9.17) is 0 Å². The van der Waals surface area contributed by atoms with Crippen molar-refractivity contribution in [1.82, 2.24) is 4.72 Å². The molecule has 0 aliphatic carbocycles. The topological polar surface area (TPSA) is 46.2 Å². The molecule has 0 spiro atoms. The zero-order valence-electron chi connectivity index (χ0n) is 11.5. The van der Waals surface area contributed by atoms with E-state index in [0.717, 1.165) is 31.7 Å². The third-order valence-electron chi connectivity index (χ3n) is 3.21. The first kappa shape index (κ1) is 16.1. The van der Waals surface area contributed by atoms with Crippen LogP contribution >= 0.6 is 0 Å². The Morgan fingerprint density at radius 2 is 2.05 bits per heavy atom. The highest BCUT2D eigenvalue weighted by Crippen LogP contribution is 2.14. The van der Waals surface area contributed by atoms with Crippen molar-refractivity contribution in [2.45, 2.75) is 44.4 Å². The first-order valence-corrected chi connectivity index (χ1v) is 8.23. The normalized spacial score (nSPS) is 13.4. The Kier molecular flexibility index (Phi) is 6.45. The first-order valence-electron chi connectivity index (χ1n) is 6.74. The molecule has 0 saturated carbocycles. The lowest BCUT2D eigenvalue weighted by Crippen LogP contribution is -2.29. The molecule has 3 nitrogen and oxygen atoms in total. The summed E-state index contributed by atoms with van der Waals surface area (Å²) in [5.41, 5.74) is 0. The van der Waals surface area contributed by atoms with Crippen LogP contribution in [0.15, 0.2) is 29.2 Å². The average Bonchev–Trinajstić information content (AvgIpc) is 2.39. The van der Waals surface area contributed by atoms with E-state index in [9.17, 15) is 12.8 Å². The highest BCUT2D eigenvalue weighted by Gasteiger charge is 2.16. The number of nitrogens with one attached hydrogen (secondary N) is 1.